The van der Waals surface area contributed by atoms with E-state index in [1.807, 2.05) is 28.5 Å². The number of carbonyl (C=O) groups excluding carboxylic acids is 1. The summed E-state index contributed by atoms with van der Waals surface area (Å²) in [6.45, 7) is 1.67. The summed E-state index contributed by atoms with van der Waals surface area (Å²) in [6, 6.07) is 16.5. The zero-order chi connectivity index (χ0) is 17.8. The summed E-state index contributed by atoms with van der Waals surface area (Å²) in [5.41, 5.74) is 4.11. The van der Waals surface area contributed by atoms with Gasteiger partial charge in [-0.15, -0.1) is 0 Å². The van der Waals surface area contributed by atoms with Gasteiger partial charge in [0.15, 0.2) is 0 Å². The Bertz CT molecular complexity index is 836. The van der Waals surface area contributed by atoms with E-state index in [0.29, 0.717) is 11.5 Å². The molecule has 26 heavy (non-hydrogen) atoms. The van der Waals surface area contributed by atoms with E-state index in [1.165, 1.54) is 5.56 Å². The fourth-order valence-electron chi connectivity index (χ4n) is 3.57. The smallest absolute Gasteiger partial charge is 0.255 e. The first-order valence-corrected chi connectivity index (χ1v) is 10.1. The van der Waals surface area contributed by atoms with Crippen molar-refractivity contribution in [2.24, 2.45) is 5.92 Å². The van der Waals surface area contributed by atoms with Gasteiger partial charge in [-0.1, -0.05) is 30.3 Å². The third-order valence-corrected chi connectivity index (χ3v) is 5.78. The molecule has 2 aromatic heterocycles. The van der Waals surface area contributed by atoms with E-state index in [9.17, 15) is 4.79 Å². The number of carbonyl (C=O) groups is 1. The van der Waals surface area contributed by atoms with Gasteiger partial charge in [0.05, 0.1) is 11.3 Å². The van der Waals surface area contributed by atoms with Crippen LogP contribution in [0.4, 0.5) is 0 Å². The van der Waals surface area contributed by atoms with E-state index in [0.717, 1.165) is 43.6 Å². The molecule has 0 aliphatic carbocycles. The second kappa shape index (κ2) is 7.83. The number of amides is 1. The number of rotatable bonds is 4. The maximum Gasteiger partial charge on any atom is 0.255 e. The predicted octanol–water partition coefficient (Wildman–Crippen LogP) is 4.91. The van der Waals surface area contributed by atoms with Crippen molar-refractivity contribution in [2.75, 3.05) is 13.1 Å². The van der Waals surface area contributed by atoms with E-state index in [-0.39, 0.29) is 5.91 Å². The molecule has 132 valence electrons. The standard InChI is InChI=1S/C22H22N2OS/c25-22(19-6-7-21(23-15-19)20-10-13-26-16-20)24-11-8-18(9-12-24)14-17-4-2-1-3-5-17/h1-7,10,13,15-16,18H,8-9,11-12,14H2. The van der Waals surface area contributed by atoms with Crippen LogP contribution in [0, 0.1) is 5.92 Å². The van der Waals surface area contributed by atoms with Crippen LogP contribution < -0.4 is 0 Å². The number of pyridine rings is 1. The predicted molar refractivity (Wildman–Crippen MR) is 106 cm³/mol. The number of likely N-dealkylation sites (tertiary alicyclic amines) is 1. The van der Waals surface area contributed by atoms with E-state index in [2.05, 4.69) is 40.7 Å². The first-order valence-electron chi connectivity index (χ1n) is 9.11. The summed E-state index contributed by atoms with van der Waals surface area (Å²) >= 11 is 1.65. The van der Waals surface area contributed by atoms with Gasteiger partial charge in [0.1, 0.15) is 0 Å². The van der Waals surface area contributed by atoms with Gasteiger partial charge in [0, 0.05) is 30.2 Å². The lowest BCUT2D eigenvalue weighted by Crippen LogP contribution is -2.38. The average molecular weight is 362 g/mol. The highest BCUT2D eigenvalue weighted by Crippen LogP contribution is 2.24. The number of nitrogens with zero attached hydrogens (tertiary/aromatic N) is 2. The second-order valence-electron chi connectivity index (χ2n) is 6.87. The maximum atomic E-state index is 12.8. The molecule has 1 aromatic carbocycles. The van der Waals surface area contributed by atoms with E-state index in [1.54, 1.807) is 17.5 Å². The molecule has 1 saturated heterocycles. The molecule has 0 radical (unpaired) electrons. The SMILES string of the molecule is O=C(c1ccc(-c2ccsc2)nc1)N1CCC(Cc2ccccc2)CC1. The first kappa shape index (κ1) is 17.0. The van der Waals surface area contributed by atoms with E-state index in [4.69, 9.17) is 0 Å². The van der Waals surface area contributed by atoms with Crippen molar-refractivity contribution in [1.82, 2.24) is 9.88 Å². The molecule has 0 N–H and O–H groups in total. The van der Waals surface area contributed by atoms with Gasteiger partial charge in [-0.2, -0.15) is 11.3 Å². The van der Waals surface area contributed by atoms with Gasteiger partial charge < -0.3 is 4.90 Å². The summed E-state index contributed by atoms with van der Waals surface area (Å²) in [6.07, 6.45) is 4.97. The Morgan fingerprint density at radius 2 is 1.88 bits per heavy atom. The number of hydrogen-bond acceptors (Lipinski definition) is 3. The Morgan fingerprint density at radius 1 is 1.08 bits per heavy atom. The summed E-state index contributed by atoms with van der Waals surface area (Å²) < 4.78 is 0. The van der Waals surface area contributed by atoms with Crippen molar-refractivity contribution in [3.8, 4) is 11.3 Å². The molecule has 4 heteroatoms. The highest BCUT2D eigenvalue weighted by molar-refractivity contribution is 7.08. The zero-order valence-electron chi connectivity index (χ0n) is 14.7. The number of thiophene rings is 1. The topological polar surface area (TPSA) is 33.2 Å². The Labute approximate surface area is 158 Å². The van der Waals surface area contributed by atoms with Crippen LogP contribution in [0.15, 0.2) is 65.5 Å². The van der Waals surface area contributed by atoms with Crippen molar-refractivity contribution in [3.05, 3.63) is 76.6 Å². The molecule has 4 rings (SSSR count). The summed E-state index contributed by atoms with van der Waals surface area (Å²) in [4.78, 5) is 19.2. The minimum absolute atomic E-state index is 0.104. The molecule has 1 fully saturated rings. The third-order valence-electron chi connectivity index (χ3n) is 5.10. The average Bonchev–Trinajstić information content (AvgIpc) is 3.24. The Kier molecular flexibility index (Phi) is 5.12. The summed E-state index contributed by atoms with van der Waals surface area (Å²) in [5.74, 6) is 0.771. The van der Waals surface area contributed by atoms with Crippen LogP contribution in [0.3, 0.4) is 0 Å². The zero-order valence-corrected chi connectivity index (χ0v) is 15.5. The highest BCUT2D eigenvalue weighted by atomic mass is 32.1. The molecule has 0 spiro atoms. The Balaban J connectivity index is 1.34. The fraction of sp³-hybridized carbons (Fsp3) is 0.273. The monoisotopic (exact) mass is 362 g/mol. The largest absolute Gasteiger partial charge is 0.339 e. The molecule has 3 aromatic rings. The molecule has 1 aliphatic heterocycles. The fourth-order valence-corrected chi connectivity index (χ4v) is 4.22. The lowest BCUT2D eigenvalue weighted by atomic mass is 9.90. The van der Waals surface area contributed by atoms with Crippen LogP contribution in [0.2, 0.25) is 0 Å². The molecule has 0 saturated carbocycles. The molecule has 1 aliphatic rings. The van der Waals surface area contributed by atoms with Crippen molar-refractivity contribution < 1.29 is 4.79 Å². The lowest BCUT2D eigenvalue weighted by molar-refractivity contribution is 0.0690. The summed E-state index contributed by atoms with van der Waals surface area (Å²) in [5, 5.41) is 4.11. The van der Waals surface area contributed by atoms with Crippen LogP contribution in [0.5, 0.6) is 0 Å². The summed E-state index contributed by atoms with van der Waals surface area (Å²) in [7, 11) is 0. The molecule has 0 unspecified atom stereocenters. The van der Waals surface area contributed by atoms with Crippen molar-refractivity contribution in [1.29, 1.82) is 0 Å². The normalized spacial score (nSPS) is 15.2. The van der Waals surface area contributed by atoms with Gasteiger partial charge in [-0.05, 0) is 54.3 Å². The maximum absolute atomic E-state index is 12.8. The first-order chi connectivity index (χ1) is 12.8. The number of aromatic nitrogens is 1. The molecule has 3 nitrogen and oxygen atoms in total. The highest BCUT2D eigenvalue weighted by Gasteiger charge is 2.24. The van der Waals surface area contributed by atoms with Gasteiger partial charge in [0.25, 0.3) is 5.91 Å². The van der Waals surface area contributed by atoms with Crippen LogP contribution in [0.1, 0.15) is 28.8 Å². The minimum atomic E-state index is 0.104. The van der Waals surface area contributed by atoms with Crippen LogP contribution >= 0.6 is 11.3 Å². The Morgan fingerprint density at radius 3 is 2.54 bits per heavy atom. The van der Waals surface area contributed by atoms with Crippen LogP contribution in [0.25, 0.3) is 11.3 Å². The molecular weight excluding hydrogens is 340 g/mol. The molecule has 0 bridgehead atoms. The van der Waals surface area contributed by atoms with E-state index >= 15 is 0 Å². The van der Waals surface area contributed by atoms with Crippen molar-refractivity contribution >= 4 is 17.2 Å². The van der Waals surface area contributed by atoms with Crippen LogP contribution in [-0.4, -0.2) is 28.9 Å². The number of piperidine rings is 1. The number of hydrogen-bond donors (Lipinski definition) is 0. The quantitative estimate of drug-likeness (QED) is 0.661. The van der Waals surface area contributed by atoms with Crippen molar-refractivity contribution in [2.45, 2.75) is 19.3 Å². The van der Waals surface area contributed by atoms with Gasteiger partial charge >= 0.3 is 0 Å². The van der Waals surface area contributed by atoms with E-state index < -0.39 is 0 Å². The molecule has 3 heterocycles. The third kappa shape index (κ3) is 3.86. The second-order valence-corrected chi connectivity index (χ2v) is 7.65. The van der Waals surface area contributed by atoms with Gasteiger partial charge in [-0.25, -0.2) is 0 Å². The van der Waals surface area contributed by atoms with Crippen molar-refractivity contribution in [3.63, 3.8) is 0 Å². The molecule has 1 amide bonds. The van der Waals surface area contributed by atoms with Gasteiger partial charge in [-0.3, -0.25) is 9.78 Å². The number of benzene rings is 1. The molecular formula is C22H22N2OS. The molecule has 0 atom stereocenters. The van der Waals surface area contributed by atoms with Gasteiger partial charge in [0.2, 0.25) is 0 Å². The Hall–Kier alpha value is -2.46. The minimum Gasteiger partial charge on any atom is -0.339 e. The lowest BCUT2D eigenvalue weighted by Gasteiger charge is -2.32. The van der Waals surface area contributed by atoms with Crippen LogP contribution in [-0.2, 0) is 6.42 Å².